The number of fused-ring (bicyclic) bond motifs is 1. The highest BCUT2D eigenvalue weighted by Crippen LogP contribution is 2.38. The Kier molecular flexibility index (Phi) is 3.47. The molecule has 1 aliphatic heterocycles. The van der Waals surface area contributed by atoms with E-state index < -0.39 is 5.54 Å². The minimum Gasteiger partial charge on any atom is -0.496 e. The van der Waals surface area contributed by atoms with Crippen molar-refractivity contribution in [1.82, 2.24) is 0 Å². The fourth-order valence-electron chi connectivity index (χ4n) is 2.60. The number of rotatable bonds is 3. The molecule has 1 unspecified atom stereocenters. The van der Waals surface area contributed by atoms with Gasteiger partial charge in [0.25, 0.3) is 0 Å². The standard InChI is InChI=1S/C17H19NO3/c1-17(18,13-5-3-4-6-14(13)19-2)12-7-8-15-16(11-12)21-10-9-20-15/h3-8,11H,9-10,18H2,1-2H3. The summed E-state index contributed by atoms with van der Waals surface area (Å²) in [6.45, 7) is 3.11. The Labute approximate surface area is 124 Å². The fourth-order valence-corrected chi connectivity index (χ4v) is 2.60. The van der Waals surface area contributed by atoms with Crippen molar-refractivity contribution in [2.45, 2.75) is 12.5 Å². The van der Waals surface area contributed by atoms with Crippen LogP contribution in [0, 0.1) is 0 Å². The molecule has 4 heteroatoms. The van der Waals surface area contributed by atoms with Crippen LogP contribution in [-0.4, -0.2) is 20.3 Å². The molecule has 1 aliphatic rings. The molecule has 21 heavy (non-hydrogen) atoms. The van der Waals surface area contributed by atoms with Crippen molar-refractivity contribution in [1.29, 1.82) is 0 Å². The van der Waals surface area contributed by atoms with Crippen LogP contribution in [0.4, 0.5) is 0 Å². The van der Waals surface area contributed by atoms with E-state index >= 15 is 0 Å². The molecule has 0 amide bonds. The lowest BCUT2D eigenvalue weighted by Gasteiger charge is -2.29. The van der Waals surface area contributed by atoms with Crippen molar-refractivity contribution in [3.8, 4) is 17.2 Å². The van der Waals surface area contributed by atoms with Crippen molar-refractivity contribution in [2.24, 2.45) is 5.73 Å². The largest absolute Gasteiger partial charge is 0.496 e. The van der Waals surface area contributed by atoms with E-state index in [-0.39, 0.29) is 0 Å². The molecule has 0 saturated carbocycles. The summed E-state index contributed by atoms with van der Waals surface area (Å²) >= 11 is 0. The molecule has 3 rings (SSSR count). The first-order valence-corrected chi connectivity index (χ1v) is 6.95. The SMILES string of the molecule is COc1ccccc1C(C)(N)c1ccc2c(c1)OCCO2. The van der Waals surface area contributed by atoms with Gasteiger partial charge in [-0.05, 0) is 30.7 Å². The van der Waals surface area contributed by atoms with Crippen molar-refractivity contribution >= 4 is 0 Å². The molecular weight excluding hydrogens is 266 g/mol. The molecule has 2 aromatic rings. The van der Waals surface area contributed by atoms with E-state index in [1.54, 1.807) is 7.11 Å². The predicted octanol–water partition coefficient (Wildman–Crippen LogP) is 2.69. The van der Waals surface area contributed by atoms with Gasteiger partial charge >= 0.3 is 0 Å². The quantitative estimate of drug-likeness (QED) is 0.942. The lowest BCUT2D eigenvalue weighted by Crippen LogP contribution is -2.35. The molecular formula is C17H19NO3. The monoisotopic (exact) mass is 285 g/mol. The van der Waals surface area contributed by atoms with Crippen molar-refractivity contribution in [3.05, 3.63) is 53.6 Å². The van der Waals surface area contributed by atoms with Gasteiger partial charge in [0.1, 0.15) is 19.0 Å². The number of methoxy groups -OCH3 is 1. The Morgan fingerprint density at radius 1 is 1.05 bits per heavy atom. The summed E-state index contributed by atoms with van der Waals surface area (Å²) in [6.07, 6.45) is 0. The van der Waals surface area contributed by atoms with E-state index in [0.29, 0.717) is 13.2 Å². The Hall–Kier alpha value is -2.20. The highest BCUT2D eigenvalue weighted by atomic mass is 16.6. The molecule has 1 heterocycles. The molecule has 0 fully saturated rings. The van der Waals surface area contributed by atoms with Gasteiger partial charge in [-0.2, -0.15) is 0 Å². The van der Waals surface area contributed by atoms with E-state index in [1.807, 2.05) is 49.4 Å². The van der Waals surface area contributed by atoms with Gasteiger partial charge in [0.15, 0.2) is 11.5 Å². The summed E-state index contributed by atoms with van der Waals surface area (Å²) in [6, 6.07) is 13.6. The van der Waals surface area contributed by atoms with E-state index in [9.17, 15) is 0 Å². The van der Waals surface area contributed by atoms with E-state index in [2.05, 4.69) is 0 Å². The molecule has 2 N–H and O–H groups in total. The van der Waals surface area contributed by atoms with Gasteiger partial charge in [0.2, 0.25) is 0 Å². The van der Waals surface area contributed by atoms with Crippen molar-refractivity contribution in [2.75, 3.05) is 20.3 Å². The van der Waals surface area contributed by atoms with Gasteiger partial charge < -0.3 is 19.9 Å². The third-order valence-corrected chi connectivity index (χ3v) is 3.81. The summed E-state index contributed by atoms with van der Waals surface area (Å²) < 4.78 is 16.6. The topological polar surface area (TPSA) is 53.7 Å². The maximum absolute atomic E-state index is 6.59. The summed E-state index contributed by atoms with van der Waals surface area (Å²) in [4.78, 5) is 0. The normalized spacial score (nSPS) is 16.1. The van der Waals surface area contributed by atoms with Crippen molar-refractivity contribution < 1.29 is 14.2 Å². The molecule has 2 aromatic carbocycles. The fraction of sp³-hybridized carbons (Fsp3) is 0.294. The first-order valence-electron chi connectivity index (χ1n) is 6.95. The Morgan fingerprint density at radius 2 is 1.76 bits per heavy atom. The molecule has 0 bridgehead atoms. The molecule has 1 atom stereocenters. The summed E-state index contributed by atoms with van der Waals surface area (Å²) in [7, 11) is 1.65. The van der Waals surface area contributed by atoms with Crippen LogP contribution in [0.5, 0.6) is 17.2 Å². The van der Waals surface area contributed by atoms with Crippen LogP contribution in [0.1, 0.15) is 18.1 Å². The average Bonchev–Trinajstić information content (AvgIpc) is 2.54. The van der Waals surface area contributed by atoms with Crippen LogP contribution in [0.15, 0.2) is 42.5 Å². The zero-order chi connectivity index (χ0) is 14.9. The maximum atomic E-state index is 6.59. The number of ether oxygens (including phenoxy) is 3. The highest BCUT2D eigenvalue weighted by Gasteiger charge is 2.28. The van der Waals surface area contributed by atoms with E-state index in [4.69, 9.17) is 19.9 Å². The van der Waals surface area contributed by atoms with Crippen LogP contribution in [-0.2, 0) is 5.54 Å². The van der Waals surface area contributed by atoms with Crippen LogP contribution in [0.3, 0.4) is 0 Å². The van der Waals surface area contributed by atoms with Crippen molar-refractivity contribution in [3.63, 3.8) is 0 Å². The molecule has 110 valence electrons. The molecule has 0 spiro atoms. The van der Waals surface area contributed by atoms with Gasteiger partial charge in [-0.1, -0.05) is 24.3 Å². The zero-order valence-electron chi connectivity index (χ0n) is 12.3. The third-order valence-electron chi connectivity index (χ3n) is 3.81. The lowest BCUT2D eigenvalue weighted by atomic mass is 9.85. The van der Waals surface area contributed by atoms with Gasteiger partial charge in [-0.25, -0.2) is 0 Å². The Balaban J connectivity index is 2.05. The van der Waals surface area contributed by atoms with E-state index in [1.165, 1.54) is 0 Å². The first-order chi connectivity index (χ1) is 10.1. The lowest BCUT2D eigenvalue weighted by molar-refractivity contribution is 0.171. The zero-order valence-corrected chi connectivity index (χ0v) is 12.3. The molecule has 0 aromatic heterocycles. The second kappa shape index (κ2) is 5.30. The third kappa shape index (κ3) is 2.43. The van der Waals surface area contributed by atoms with Gasteiger partial charge in [-0.15, -0.1) is 0 Å². The number of hydrogen-bond acceptors (Lipinski definition) is 4. The number of para-hydroxylation sites is 1. The highest BCUT2D eigenvalue weighted by molar-refractivity contribution is 5.51. The minimum absolute atomic E-state index is 0.562. The van der Waals surface area contributed by atoms with Gasteiger partial charge in [-0.3, -0.25) is 0 Å². The van der Waals surface area contributed by atoms with Gasteiger partial charge in [0.05, 0.1) is 12.6 Å². The smallest absolute Gasteiger partial charge is 0.161 e. The maximum Gasteiger partial charge on any atom is 0.161 e. The van der Waals surface area contributed by atoms with Crippen LogP contribution >= 0.6 is 0 Å². The summed E-state index contributed by atoms with van der Waals surface area (Å²) in [5.74, 6) is 2.28. The predicted molar refractivity (Wildman–Crippen MR) is 81.1 cm³/mol. The van der Waals surface area contributed by atoms with E-state index in [0.717, 1.165) is 28.4 Å². The number of hydrogen-bond donors (Lipinski definition) is 1. The Morgan fingerprint density at radius 3 is 2.52 bits per heavy atom. The second-order valence-electron chi connectivity index (χ2n) is 5.26. The van der Waals surface area contributed by atoms with Gasteiger partial charge in [0, 0.05) is 5.56 Å². The first kappa shape index (κ1) is 13.8. The summed E-state index contributed by atoms with van der Waals surface area (Å²) in [5, 5.41) is 0. The molecule has 0 radical (unpaired) electrons. The molecule has 4 nitrogen and oxygen atoms in total. The average molecular weight is 285 g/mol. The molecule has 0 aliphatic carbocycles. The summed E-state index contributed by atoms with van der Waals surface area (Å²) in [5.41, 5.74) is 7.80. The van der Waals surface area contributed by atoms with Crippen LogP contribution in [0.25, 0.3) is 0 Å². The molecule has 0 saturated heterocycles. The minimum atomic E-state index is -0.678. The second-order valence-corrected chi connectivity index (χ2v) is 5.26. The number of nitrogens with two attached hydrogens (primary N) is 1. The Bertz CT molecular complexity index is 652. The number of benzene rings is 2. The van der Waals surface area contributed by atoms with Crippen LogP contribution < -0.4 is 19.9 Å². The van der Waals surface area contributed by atoms with Crippen LogP contribution in [0.2, 0.25) is 0 Å².